The Morgan fingerprint density at radius 3 is 3.00 bits per heavy atom. The normalized spacial score (nSPS) is 17.8. The van der Waals surface area contributed by atoms with E-state index in [1.807, 2.05) is 0 Å². The molecule has 3 heterocycles. The lowest BCUT2D eigenvalue weighted by Gasteiger charge is -2.14. The minimum atomic E-state index is -0.362. The molecule has 7 nitrogen and oxygen atoms in total. The second-order valence-corrected chi connectivity index (χ2v) is 6.70. The quantitative estimate of drug-likeness (QED) is 0.622. The molecular formula is C15H14BrFN6O. The number of aromatic amines is 2. The number of nitrogens with one attached hydrogen (secondary N) is 2. The molecule has 24 heavy (non-hydrogen) atoms. The number of benzene rings is 1. The highest BCUT2D eigenvalue weighted by Crippen LogP contribution is 2.29. The summed E-state index contributed by atoms with van der Waals surface area (Å²) < 4.78 is 14.1. The maximum atomic E-state index is 13.5. The van der Waals surface area contributed by atoms with Crippen molar-refractivity contribution in [1.82, 2.24) is 25.1 Å². The van der Waals surface area contributed by atoms with Gasteiger partial charge in [-0.2, -0.15) is 4.98 Å². The fraction of sp³-hybridized carbons (Fsp3) is 0.267. The van der Waals surface area contributed by atoms with E-state index < -0.39 is 0 Å². The Balaban J connectivity index is 1.57. The fourth-order valence-corrected chi connectivity index (χ4v) is 3.63. The van der Waals surface area contributed by atoms with Crippen molar-refractivity contribution in [3.63, 3.8) is 0 Å². The molecule has 3 aromatic rings. The maximum Gasteiger partial charge on any atom is 0.270 e. The van der Waals surface area contributed by atoms with Crippen molar-refractivity contribution in [1.29, 1.82) is 0 Å². The molecule has 4 rings (SSSR count). The van der Waals surface area contributed by atoms with Crippen LogP contribution in [-0.4, -0.2) is 44.1 Å². The highest BCUT2D eigenvalue weighted by molar-refractivity contribution is 9.10. The zero-order valence-electron chi connectivity index (χ0n) is 12.5. The first-order valence-electron chi connectivity index (χ1n) is 7.46. The number of rotatable bonds is 2. The van der Waals surface area contributed by atoms with Crippen LogP contribution in [0.2, 0.25) is 0 Å². The van der Waals surface area contributed by atoms with Crippen LogP contribution in [0.25, 0.3) is 10.9 Å². The summed E-state index contributed by atoms with van der Waals surface area (Å²) in [5.74, 6) is 0.515. The Morgan fingerprint density at radius 2 is 2.25 bits per heavy atom. The monoisotopic (exact) mass is 392 g/mol. The van der Waals surface area contributed by atoms with E-state index in [1.165, 1.54) is 12.1 Å². The van der Waals surface area contributed by atoms with E-state index in [4.69, 9.17) is 5.73 Å². The van der Waals surface area contributed by atoms with Gasteiger partial charge in [-0.3, -0.25) is 9.89 Å². The van der Waals surface area contributed by atoms with Crippen molar-refractivity contribution >= 4 is 38.7 Å². The number of carbonyl (C=O) groups excluding carboxylic acids is 1. The third-order valence-corrected chi connectivity index (χ3v) is 4.92. The highest BCUT2D eigenvalue weighted by atomic mass is 79.9. The molecule has 9 heteroatoms. The second-order valence-electron chi connectivity index (χ2n) is 5.85. The molecule has 0 aliphatic carbocycles. The Morgan fingerprint density at radius 1 is 1.42 bits per heavy atom. The number of nitrogen functional groups attached to an aromatic ring is 1. The van der Waals surface area contributed by atoms with E-state index in [0.29, 0.717) is 34.6 Å². The van der Waals surface area contributed by atoms with Crippen molar-refractivity contribution in [3.8, 4) is 0 Å². The van der Waals surface area contributed by atoms with Gasteiger partial charge >= 0.3 is 0 Å². The summed E-state index contributed by atoms with van der Waals surface area (Å²) in [6.07, 6.45) is 0.791. The molecular weight excluding hydrogens is 379 g/mol. The maximum absolute atomic E-state index is 13.5. The number of aromatic nitrogens is 4. The van der Waals surface area contributed by atoms with Crippen molar-refractivity contribution < 1.29 is 9.18 Å². The average molecular weight is 393 g/mol. The molecule has 1 fully saturated rings. The predicted octanol–water partition coefficient (Wildman–Crippen LogP) is 2.40. The van der Waals surface area contributed by atoms with Crippen molar-refractivity contribution in [2.75, 3.05) is 18.8 Å². The van der Waals surface area contributed by atoms with E-state index in [9.17, 15) is 9.18 Å². The van der Waals surface area contributed by atoms with Crippen LogP contribution in [0.3, 0.4) is 0 Å². The summed E-state index contributed by atoms with van der Waals surface area (Å²) in [4.78, 5) is 21.6. The van der Waals surface area contributed by atoms with Gasteiger partial charge < -0.3 is 15.6 Å². The largest absolute Gasteiger partial charge is 0.367 e. The van der Waals surface area contributed by atoms with Gasteiger partial charge in [0.05, 0.1) is 5.52 Å². The summed E-state index contributed by atoms with van der Waals surface area (Å²) in [5.41, 5.74) is 6.55. The number of H-pyrrole nitrogens is 2. The first kappa shape index (κ1) is 15.1. The minimum Gasteiger partial charge on any atom is -0.367 e. The number of fused-ring (bicyclic) bond motifs is 1. The van der Waals surface area contributed by atoms with Crippen molar-refractivity contribution in [2.45, 2.75) is 12.3 Å². The van der Waals surface area contributed by atoms with E-state index in [2.05, 4.69) is 36.1 Å². The predicted molar refractivity (Wildman–Crippen MR) is 90.0 cm³/mol. The van der Waals surface area contributed by atoms with Gasteiger partial charge in [0.15, 0.2) is 0 Å². The number of amides is 1. The lowest BCUT2D eigenvalue weighted by molar-refractivity contribution is 0.0785. The number of likely N-dealkylation sites (tertiary alicyclic amines) is 1. The van der Waals surface area contributed by atoms with Gasteiger partial charge in [-0.05, 0) is 40.5 Å². The van der Waals surface area contributed by atoms with Gasteiger partial charge in [-0.1, -0.05) is 0 Å². The topological polar surface area (TPSA) is 104 Å². The zero-order valence-corrected chi connectivity index (χ0v) is 14.1. The third-order valence-electron chi connectivity index (χ3n) is 4.26. The first-order chi connectivity index (χ1) is 11.5. The van der Waals surface area contributed by atoms with E-state index >= 15 is 0 Å². The number of hydrogen-bond donors (Lipinski definition) is 3. The molecule has 4 N–H and O–H groups in total. The number of nitrogens with two attached hydrogens (primary N) is 1. The molecule has 1 aromatic carbocycles. The summed E-state index contributed by atoms with van der Waals surface area (Å²) in [6, 6.07) is 4.49. The van der Waals surface area contributed by atoms with E-state index in [0.717, 1.165) is 11.8 Å². The molecule has 1 amide bonds. The van der Waals surface area contributed by atoms with Crippen LogP contribution in [0.5, 0.6) is 0 Å². The third kappa shape index (κ3) is 2.54. The van der Waals surface area contributed by atoms with Crippen molar-refractivity contribution in [3.05, 3.63) is 40.0 Å². The molecule has 1 atom stereocenters. The Hall–Kier alpha value is -2.42. The Bertz CT molecular complexity index is 935. The smallest absolute Gasteiger partial charge is 0.270 e. The number of hydrogen-bond acceptors (Lipinski definition) is 4. The first-order valence-corrected chi connectivity index (χ1v) is 8.25. The lowest BCUT2D eigenvalue weighted by Crippen LogP contribution is -2.28. The number of carbonyl (C=O) groups is 1. The minimum absolute atomic E-state index is 0.0901. The summed E-state index contributed by atoms with van der Waals surface area (Å²) in [7, 11) is 0. The second kappa shape index (κ2) is 5.59. The summed E-state index contributed by atoms with van der Waals surface area (Å²) in [6.45, 7) is 1.16. The van der Waals surface area contributed by atoms with Gasteiger partial charge in [-0.15, -0.1) is 5.10 Å². The summed E-state index contributed by atoms with van der Waals surface area (Å²) >= 11 is 3.32. The Kier molecular flexibility index (Phi) is 3.52. The van der Waals surface area contributed by atoms with Crippen molar-refractivity contribution in [2.24, 2.45) is 0 Å². The van der Waals surface area contributed by atoms with Crippen LogP contribution < -0.4 is 5.73 Å². The van der Waals surface area contributed by atoms with E-state index in [-0.39, 0.29) is 23.6 Å². The molecule has 0 radical (unpaired) electrons. The van der Waals surface area contributed by atoms with Gasteiger partial charge in [0.1, 0.15) is 17.3 Å². The van der Waals surface area contributed by atoms with Crippen LogP contribution in [0.1, 0.15) is 28.7 Å². The van der Waals surface area contributed by atoms with Crippen LogP contribution in [0.15, 0.2) is 22.7 Å². The van der Waals surface area contributed by atoms with Crippen LogP contribution >= 0.6 is 15.9 Å². The van der Waals surface area contributed by atoms with Gasteiger partial charge in [0.2, 0.25) is 5.95 Å². The fourth-order valence-electron chi connectivity index (χ4n) is 3.08. The average Bonchev–Trinajstić information content (AvgIpc) is 3.24. The van der Waals surface area contributed by atoms with Crippen LogP contribution in [-0.2, 0) is 0 Å². The zero-order chi connectivity index (χ0) is 16.8. The highest BCUT2D eigenvalue weighted by Gasteiger charge is 2.30. The molecule has 1 aliphatic rings. The molecule has 1 unspecified atom stereocenters. The summed E-state index contributed by atoms with van der Waals surface area (Å²) in [5, 5.41) is 7.41. The standard InChI is InChI=1S/C15H14BrFN6O/c16-10-3-8(17)4-11-9(10)5-12(19-11)14(24)23-2-1-7(6-23)13-20-15(18)22-21-13/h3-5,7,19H,1-2,6H2,(H3,18,20,21,22). The molecule has 2 aromatic heterocycles. The van der Waals surface area contributed by atoms with Crippen LogP contribution in [0, 0.1) is 5.82 Å². The van der Waals surface area contributed by atoms with Gasteiger partial charge in [0.25, 0.3) is 5.91 Å². The van der Waals surface area contributed by atoms with Gasteiger partial charge in [0, 0.05) is 28.9 Å². The molecule has 0 bridgehead atoms. The lowest BCUT2D eigenvalue weighted by atomic mass is 10.1. The molecule has 0 spiro atoms. The Labute approximate surface area is 144 Å². The van der Waals surface area contributed by atoms with E-state index in [1.54, 1.807) is 11.0 Å². The molecule has 1 saturated heterocycles. The number of halogens is 2. The number of anilines is 1. The molecule has 124 valence electrons. The molecule has 1 aliphatic heterocycles. The van der Waals surface area contributed by atoms with Crippen LogP contribution in [0.4, 0.5) is 10.3 Å². The molecule has 0 saturated carbocycles. The van der Waals surface area contributed by atoms with Gasteiger partial charge in [-0.25, -0.2) is 4.39 Å². The SMILES string of the molecule is Nc1n[nH]c(C2CCN(C(=O)c3cc4c(Br)cc(F)cc4[nH]3)C2)n1. The number of nitrogens with zero attached hydrogens (tertiary/aromatic N) is 3.